The van der Waals surface area contributed by atoms with Gasteiger partial charge in [0, 0.05) is 36.1 Å². The molecule has 6 heteroatoms. The molecule has 0 bridgehead atoms. The van der Waals surface area contributed by atoms with E-state index in [1.54, 1.807) is 12.4 Å². The molecule has 2 N–H and O–H groups in total. The Kier molecular flexibility index (Phi) is 4.72. The number of para-hydroxylation sites is 1. The minimum atomic E-state index is 0.0328. The minimum absolute atomic E-state index is 0.0328. The van der Waals surface area contributed by atoms with Crippen LogP contribution in [-0.4, -0.2) is 29.5 Å². The lowest BCUT2D eigenvalue weighted by Gasteiger charge is -2.18. The molecule has 0 spiro atoms. The van der Waals surface area contributed by atoms with Crippen LogP contribution in [0.5, 0.6) is 5.75 Å². The second-order valence-electron chi connectivity index (χ2n) is 7.64. The van der Waals surface area contributed by atoms with E-state index < -0.39 is 0 Å². The molecular formula is C24H22N4O2. The van der Waals surface area contributed by atoms with Crippen molar-refractivity contribution < 1.29 is 9.53 Å². The van der Waals surface area contributed by atoms with E-state index in [9.17, 15) is 4.79 Å². The number of ether oxygens (including phenoxy) is 1. The van der Waals surface area contributed by atoms with Gasteiger partial charge in [-0.1, -0.05) is 24.0 Å². The maximum atomic E-state index is 12.1. The van der Waals surface area contributed by atoms with E-state index in [1.807, 2.05) is 25.2 Å². The predicted molar refractivity (Wildman–Crippen MR) is 117 cm³/mol. The molecule has 0 unspecified atom stereocenters. The summed E-state index contributed by atoms with van der Waals surface area (Å²) in [6.45, 7) is 0.725. The van der Waals surface area contributed by atoms with E-state index in [-0.39, 0.29) is 11.8 Å². The summed E-state index contributed by atoms with van der Waals surface area (Å²) in [7, 11) is 1.82. The number of aromatic nitrogens is 2. The zero-order valence-corrected chi connectivity index (χ0v) is 16.8. The molecule has 150 valence electrons. The number of nitrogens with one attached hydrogen (secondary N) is 2. The van der Waals surface area contributed by atoms with Crippen molar-refractivity contribution in [3.8, 4) is 17.6 Å². The number of fused-ring (bicyclic) bond motifs is 2. The smallest absolute Gasteiger partial charge is 0.228 e. The third kappa shape index (κ3) is 3.55. The number of carbonyl (C=O) groups excluding carboxylic acids is 1. The lowest BCUT2D eigenvalue weighted by atomic mass is 10.0. The Hall–Kier alpha value is -3.59. The van der Waals surface area contributed by atoms with Gasteiger partial charge in [-0.15, -0.1) is 0 Å². The maximum Gasteiger partial charge on any atom is 0.228 e. The number of aryl methyl sites for hydroxylation is 1. The average Bonchev–Trinajstić information content (AvgIpc) is 3.63. The Balaban J connectivity index is 1.56. The third-order valence-electron chi connectivity index (χ3n) is 5.47. The van der Waals surface area contributed by atoms with Crippen molar-refractivity contribution in [2.45, 2.75) is 25.7 Å². The second kappa shape index (κ2) is 7.68. The molecule has 0 saturated heterocycles. The molecule has 1 aliphatic heterocycles. The molecule has 6 nitrogen and oxygen atoms in total. The van der Waals surface area contributed by atoms with Crippen LogP contribution < -0.4 is 15.4 Å². The monoisotopic (exact) mass is 398 g/mol. The number of nitrogens with zero attached hydrogens (tertiary/aromatic N) is 2. The highest BCUT2D eigenvalue weighted by molar-refractivity contribution is 5.99. The van der Waals surface area contributed by atoms with Gasteiger partial charge in [-0.3, -0.25) is 4.79 Å². The standard InChI is InChI=1S/C24H22N4O2/c1-25-23-20-14-26-21(28-24(29)17-8-9-17)12-19(20)18(13-27-23)10-7-16-5-2-4-15-6-3-11-30-22(15)16/h2,4-5,12-14,17H,3,6,8-9,11H2,1H3,(H,25,27)(H,26,28,29). The minimum Gasteiger partial charge on any atom is -0.492 e. The van der Waals surface area contributed by atoms with Crippen molar-refractivity contribution in [1.82, 2.24) is 9.97 Å². The first-order valence-corrected chi connectivity index (χ1v) is 10.3. The van der Waals surface area contributed by atoms with Crippen molar-refractivity contribution in [2.24, 2.45) is 5.92 Å². The molecule has 3 heterocycles. The highest BCUT2D eigenvalue weighted by atomic mass is 16.5. The second-order valence-corrected chi connectivity index (χ2v) is 7.64. The molecule has 3 aromatic rings. The van der Waals surface area contributed by atoms with Crippen molar-refractivity contribution in [2.75, 3.05) is 24.3 Å². The molecule has 0 radical (unpaired) electrons. The van der Waals surface area contributed by atoms with Gasteiger partial charge in [-0.25, -0.2) is 9.97 Å². The normalized spacial score (nSPS) is 14.8. The maximum absolute atomic E-state index is 12.1. The molecule has 1 amide bonds. The lowest BCUT2D eigenvalue weighted by Crippen LogP contribution is -2.14. The van der Waals surface area contributed by atoms with E-state index in [1.165, 1.54) is 5.56 Å². The summed E-state index contributed by atoms with van der Waals surface area (Å²) < 4.78 is 5.87. The fourth-order valence-corrected chi connectivity index (χ4v) is 3.70. The summed E-state index contributed by atoms with van der Waals surface area (Å²) in [6, 6.07) is 7.98. The molecule has 5 rings (SSSR count). The molecule has 2 aliphatic rings. The zero-order valence-electron chi connectivity index (χ0n) is 16.8. The van der Waals surface area contributed by atoms with Crippen molar-refractivity contribution >= 4 is 28.3 Å². The Bertz CT molecular complexity index is 1210. The number of carbonyl (C=O) groups is 1. The summed E-state index contributed by atoms with van der Waals surface area (Å²) in [5.74, 6) is 8.83. The van der Waals surface area contributed by atoms with E-state index in [2.05, 4.69) is 38.5 Å². The van der Waals surface area contributed by atoms with Crippen LogP contribution in [0.25, 0.3) is 10.8 Å². The lowest BCUT2D eigenvalue weighted by molar-refractivity contribution is -0.117. The fourth-order valence-electron chi connectivity index (χ4n) is 3.70. The molecule has 30 heavy (non-hydrogen) atoms. The summed E-state index contributed by atoms with van der Waals surface area (Å²) >= 11 is 0. The van der Waals surface area contributed by atoms with E-state index >= 15 is 0 Å². The zero-order chi connectivity index (χ0) is 20.5. The van der Waals surface area contributed by atoms with Gasteiger partial charge in [0.25, 0.3) is 0 Å². The van der Waals surface area contributed by atoms with Gasteiger partial charge in [-0.05, 0) is 43.4 Å². The quantitative estimate of drug-likeness (QED) is 0.658. The fraction of sp³-hybridized carbons (Fsp3) is 0.292. The first kappa shape index (κ1) is 18.4. The Morgan fingerprint density at radius 3 is 2.83 bits per heavy atom. The van der Waals surface area contributed by atoms with Gasteiger partial charge in [0.15, 0.2) is 0 Å². The highest BCUT2D eigenvalue weighted by Crippen LogP contribution is 2.31. The van der Waals surface area contributed by atoms with Crippen LogP contribution in [0.2, 0.25) is 0 Å². The average molecular weight is 398 g/mol. The molecule has 2 aromatic heterocycles. The van der Waals surface area contributed by atoms with Gasteiger partial charge >= 0.3 is 0 Å². The molecule has 1 aliphatic carbocycles. The topological polar surface area (TPSA) is 76.1 Å². The Morgan fingerprint density at radius 1 is 1.13 bits per heavy atom. The Labute approximate surface area is 175 Å². The van der Waals surface area contributed by atoms with Gasteiger partial charge in [0.2, 0.25) is 5.91 Å². The van der Waals surface area contributed by atoms with Crippen LogP contribution in [0.4, 0.5) is 11.6 Å². The number of amides is 1. The summed E-state index contributed by atoms with van der Waals surface area (Å²) in [4.78, 5) is 21.0. The molecular weight excluding hydrogens is 376 g/mol. The summed E-state index contributed by atoms with van der Waals surface area (Å²) in [5.41, 5.74) is 2.87. The SMILES string of the molecule is CNc1ncc(C#Cc2cccc3c2OCCC3)c2cc(NC(=O)C3CC3)ncc12. The highest BCUT2D eigenvalue weighted by Gasteiger charge is 2.29. The van der Waals surface area contributed by atoms with Crippen LogP contribution in [0, 0.1) is 17.8 Å². The largest absolute Gasteiger partial charge is 0.492 e. The molecule has 1 fully saturated rings. The van der Waals surface area contributed by atoms with Crippen molar-refractivity contribution in [3.63, 3.8) is 0 Å². The van der Waals surface area contributed by atoms with Gasteiger partial charge in [0.05, 0.1) is 17.7 Å². The third-order valence-corrected chi connectivity index (χ3v) is 5.47. The summed E-state index contributed by atoms with van der Waals surface area (Å²) in [6.07, 6.45) is 7.44. The van der Waals surface area contributed by atoms with Crippen LogP contribution in [-0.2, 0) is 11.2 Å². The number of hydrogen-bond donors (Lipinski definition) is 2. The predicted octanol–water partition coefficient (Wildman–Crippen LogP) is 3.74. The Morgan fingerprint density at radius 2 is 2.00 bits per heavy atom. The first-order chi connectivity index (χ1) is 14.7. The number of pyridine rings is 2. The van der Waals surface area contributed by atoms with E-state index in [0.717, 1.165) is 65.8 Å². The van der Waals surface area contributed by atoms with Crippen LogP contribution in [0.1, 0.15) is 36.0 Å². The molecule has 1 aromatic carbocycles. The number of anilines is 2. The molecule has 0 atom stereocenters. The van der Waals surface area contributed by atoms with Crippen LogP contribution >= 0.6 is 0 Å². The van der Waals surface area contributed by atoms with Crippen molar-refractivity contribution in [1.29, 1.82) is 0 Å². The van der Waals surface area contributed by atoms with E-state index in [4.69, 9.17) is 4.74 Å². The van der Waals surface area contributed by atoms with E-state index in [0.29, 0.717) is 5.82 Å². The van der Waals surface area contributed by atoms with Crippen LogP contribution in [0.15, 0.2) is 36.7 Å². The summed E-state index contributed by atoms with van der Waals surface area (Å²) in [5, 5.41) is 7.77. The molecule has 1 saturated carbocycles. The van der Waals surface area contributed by atoms with Crippen molar-refractivity contribution in [3.05, 3.63) is 53.3 Å². The van der Waals surface area contributed by atoms with Gasteiger partial charge in [0.1, 0.15) is 17.4 Å². The number of benzene rings is 1. The first-order valence-electron chi connectivity index (χ1n) is 10.3. The number of rotatable bonds is 3. The van der Waals surface area contributed by atoms with Gasteiger partial charge < -0.3 is 15.4 Å². The number of hydrogen-bond acceptors (Lipinski definition) is 5. The van der Waals surface area contributed by atoms with Crippen LogP contribution in [0.3, 0.4) is 0 Å². The van der Waals surface area contributed by atoms with Gasteiger partial charge in [-0.2, -0.15) is 0 Å².